The van der Waals surface area contributed by atoms with Gasteiger partial charge in [0.15, 0.2) is 0 Å². The Kier molecular flexibility index (Phi) is 6.01. The van der Waals surface area contributed by atoms with Gasteiger partial charge in [0.05, 0.1) is 25.7 Å². The maximum Gasteiger partial charge on any atom is 0.317 e. The average molecular weight is 386 g/mol. The van der Waals surface area contributed by atoms with Gasteiger partial charge in [-0.2, -0.15) is 0 Å². The first-order valence-electron chi connectivity index (χ1n) is 11.3. The van der Waals surface area contributed by atoms with Gasteiger partial charge in [0.25, 0.3) is 0 Å². The van der Waals surface area contributed by atoms with Gasteiger partial charge < -0.3 is 19.7 Å². The molecule has 27 heavy (non-hydrogen) atoms. The molecule has 0 aromatic rings. The van der Waals surface area contributed by atoms with E-state index in [0.29, 0.717) is 0 Å². The Labute approximate surface area is 165 Å². The van der Waals surface area contributed by atoms with Crippen LogP contribution in [0.1, 0.15) is 57.3 Å². The molecular weight excluding hydrogens is 352 g/mol. The number of rotatable bonds is 10. The van der Waals surface area contributed by atoms with E-state index in [-0.39, 0.29) is 19.3 Å². The van der Waals surface area contributed by atoms with Crippen LogP contribution in [0.15, 0.2) is 12.2 Å². The van der Waals surface area contributed by atoms with E-state index in [0.717, 1.165) is 0 Å². The normalized spacial score (nSPS) is 37.8. The first-order valence-corrected chi connectivity index (χ1v) is 9.03. The van der Waals surface area contributed by atoms with E-state index in [1.807, 2.05) is 0 Å². The van der Waals surface area contributed by atoms with Gasteiger partial charge in [-0.15, -0.1) is 0 Å². The average Bonchev–Trinajstić information content (AvgIpc) is 3.20. The van der Waals surface area contributed by atoms with Crippen LogP contribution in [0.25, 0.3) is 0 Å². The highest BCUT2D eigenvalue weighted by Crippen LogP contribution is 2.46. The number of ether oxygens (including phenoxy) is 2. The van der Waals surface area contributed by atoms with Crippen LogP contribution in [0.5, 0.6) is 0 Å². The summed E-state index contributed by atoms with van der Waals surface area (Å²) in [5.41, 5.74) is 0. The van der Waals surface area contributed by atoms with E-state index < -0.39 is 79.4 Å². The zero-order valence-electron chi connectivity index (χ0n) is 19.5. The van der Waals surface area contributed by atoms with Gasteiger partial charge in [0, 0.05) is 30.2 Å². The van der Waals surface area contributed by atoms with Crippen molar-refractivity contribution in [1.29, 1.82) is 0 Å². The molecule has 5 unspecified atom stereocenters. The lowest BCUT2D eigenvalue weighted by molar-refractivity contribution is -0.149. The van der Waals surface area contributed by atoms with Crippen molar-refractivity contribution in [2.45, 2.75) is 70.1 Å². The van der Waals surface area contributed by atoms with E-state index in [4.69, 9.17) is 10.2 Å². The van der Waals surface area contributed by atoms with Crippen LogP contribution in [0.4, 0.5) is 0 Å². The maximum absolute atomic E-state index is 12.6. The van der Waals surface area contributed by atoms with E-state index in [9.17, 15) is 24.6 Å². The van der Waals surface area contributed by atoms with Gasteiger partial charge in [-0.1, -0.05) is 38.3 Å². The highest BCUT2D eigenvalue weighted by molar-refractivity contribution is 6.01. The van der Waals surface area contributed by atoms with Crippen molar-refractivity contribution in [1.82, 2.24) is 0 Å². The quantitative estimate of drug-likeness (QED) is 0.333. The predicted octanol–water partition coefficient (Wildman–Crippen LogP) is 1.54. The molecule has 1 aliphatic carbocycles. The Hall–Kier alpha value is -1.73. The van der Waals surface area contributed by atoms with Crippen LogP contribution in [-0.4, -0.2) is 53.4 Å². The van der Waals surface area contributed by atoms with Gasteiger partial charge in [-0.25, -0.2) is 0 Å². The van der Waals surface area contributed by atoms with Crippen molar-refractivity contribution in [3.8, 4) is 0 Å². The van der Waals surface area contributed by atoms with Crippen molar-refractivity contribution >= 4 is 17.7 Å². The molecule has 2 aliphatic rings. The summed E-state index contributed by atoms with van der Waals surface area (Å²) in [7, 11) is 1.20. The second-order valence-electron chi connectivity index (χ2n) is 6.74. The van der Waals surface area contributed by atoms with Crippen LogP contribution < -0.4 is 0 Å². The van der Waals surface area contributed by atoms with Crippen molar-refractivity contribution in [3.63, 3.8) is 0 Å². The molecule has 0 amide bonds. The van der Waals surface area contributed by atoms with Gasteiger partial charge in [0.1, 0.15) is 17.8 Å². The van der Waals surface area contributed by atoms with Gasteiger partial charge in [0.2, 0.25) is 0 Å². The Morgan fingerprint density at radius 3 is 2.81 bits per heavy atom. The summed E-state index contributed by atoms with van der Waals surface area (Å²) in [4.78, 5) is 36.2. The van der Waals surface area contributed by atoms with E-state index in [2.05, 4.69) is 4.74 Å². The number of esters is 2. The molecule has 1 heterocycles. The molecule has 2 N–H and O–H groups in total. The molecule has 1 aliphatic heterocycles. The molecule has 0 aromatic heterocycles. The van der Waals surface area contributed by atoms with E-state index in [1.165, 1.54) is 26.2 Å². The summed E-state index contributed by atoms with van der Waals surface area (Å²) in [6, 6.07) is 0. The lowest BCUT2D eigenvalue weighted by Crippen LogP contribution is -2.32. The molecule has 0 aromatic carbocycles. The number of aliphatic hydroxyl groups excluding tert-OH is 2. The third kappa shape index (κ3) is 5.39. The minimum atomic E-state index is -1.42. The maximum atomic E-state index is 12.6. The number of fused-ring (bicyclic) bond motifs is 1. The van der Waals surface area contributed by atoms with Crippen LogP contribution in [0.2, 0.25) is 0 Å². The topological polar surface area (TPSA) is 110 Å². The van der Waals surface area contributed by atoms with Crippen molar-refractivity contribution in [3.05, 3.63) is 12.2 Å². The number of hydrogen-bond donors (Lipinski definition) is 2. The zero-order chi connectivity index (χ0) is 23.5. The lowest BCUT2D eigenvalue weighted by Gasteiger charge is -2.20. The summed E-state index contributed by atoms with van der Waals surface area (Å²) >= 11 is 0. The van der Waals surface area contributed by atoms with Gasteiger partial charge in [-0.3, -0.25) is 14.4 Å². The van der Waals surface area contributed by atoms with E-state index >= 15 is 0 Å². The minimum absolute atomic E-state index is 0.124. The van der Waals surface area contributed by atoms with Gasteiger partial charge >= 0.3 is 11.9 Å². The number of carbonyl (C=O) groups excluding carboxylic acids is 3. The largest absolute Gasteiger partial charge is 0.469 e. The first-order chi connectivity index (χ1) is 14.5. The number of carbonyl (C=O) groups is 3. The fourth-order valence-corrected chi connectivity index (χ4v) is 3.68. The molecule has 0 spiro atoms. The van der Waals surface area contributed by atoms with E-state index in [1.54, 1.807) is 0 Å². The van der Waals surface area contributed by atoms with Crippen LogP contribution in [-0.2, 0) is 23.9 Å². The highest BCUT2D eigenvalue weighted by Gasteiger charge is 2.57. The van der Waals surface area contributed by atoms with Crippen molar-refractivity contribution < 1.29 is 39.6 Å². The summed E-state index contributed by atoms with van der Waals surface area (Å²) in [6.07, 6.45) is -5.34. The van der Waals surface area contributed by atoms with Crippen molar-refractivity contribution in [2.24, 2.45) is 17.8 Å². The second-order valence-corrected chi connectivity index (χ2v) is 6.74. The monoisotopic (exact) mass is 386 g/mol. The standard InChI is InChI=1S/C20H30O7/c1-3-4-5-6-12(21)7-8-13-15(23)11-16-18(13)19(20(25)27-16)14(22)9-10-17(24)26-2/h7-8,12-13,15-16,18-19,21,23H,3-6,9-11H2,1-2H3/b8-7+/t12-,13-,15+,16-,18+,19?/m0/s1/i3D,4D,5D,6D/t3?,4?,5?,6?,12-,13-,15+,16-,18+,19?. The Morgan fingerprint density at radius 2 is 2.15 bits per heavy atom. The fraction of sp³-hybridized carbons (Fsp3) is 0.750. The molecule has 1 saturated carbocycles. The smallest absolute Gasteiger partial charge is 0.317 e. The molecule has 1 saturated heterocycles. The van der Waals surface area contributed by atoms with Crippen LogP contribution in [0.3, 0.4) is 0 Å². The minimum Gasteiger partial charge on any atom is -0.469 e. The molecule has 2 rings (SSSR count). The summed E-state index contributed by atoms with van der Waals surface area (Å²) in [5.74, 6) is -4.27. The molecule has 0 bridgehead atoms. The molecule has 7 nitrogen and oxygen atoms in total. The molecule has 2 fully saturated rings. The summed E-state index contributed by atoms with van der Waals surface area (Å²) in [5, 5.41) is 20.7. The zero-order valence-corrected chi connectivity index (χ0v) is 15.5. The van der Waals surface area contributed by atoms with Crippen LogP contribution in [0, 0.1) is 17.8 Å². The second kappa shape index (κ2) is 9.99. The molecule has 7 heteroatoms. The predicted molar refractivity (Wildman–Crippen MR) is 96.5 cm³/mol. The van der Waals surface area contributed by atoms with Crippen molar-refractivity contribution in [2.75, 3.05) is 7.11 Å². The highest BCUT2D eigenvalue weighted by atomic mass is 16.6. The number of Topliss-reactive ketones (excluding diaryl/α,β-unsaturated/α-hetero) is 1. The number of methoxy groups -OCH3 is 1. The lowest BCUT2D eigenvalue weighted by atomic mass is 9.80. The Bertz CT molecular complexity index is 701. The summed E-state index contributed by atoms with van der Waals surface area (Å²) < 4.78 is 41.0. The molecule has 152 valence electrons. The van der Waals surface area contributed by atoms with Gasteiger partial charge in [-0.05, 0) is 6.40 Å². The fourth-order valence-electron chi connectivity index (χ4n) is 3.68. The van der Waals surface area contributed by atoms with Crippen LogP contribution >= 0.6 is 0 Å². The number of ketones is 1. The first kappa shape index (κ1) is 16.2. The summed E-state index contributed by atoms with van der Waals surface area (Å²) in [6.45, 7) is 1.44. The Morgan fingerprint density at radius 1 is 1.41 bits per heavy atom. The molecular formula is C20H30O7. The third-order valence-electron chi connectivity index (χ3n) is 4.99. The number of aliphatic hydroxyl groups is 2. The third-order valence-corrected chi connectivity index (χ3v) is 4.99. The Balaban J connectivity index is 2.11. The SMILES string of the molecule is [2H]C(C)C([2H])C([2H])C([2H])[C@H](O)/C=C/[C@@H]1[C@H]2C(C(=O)CCC(=O)OC)C(=O)O[C@H]2C[C@H]1O. The molecule has 10 atom stereocenters. The number of hydrogen-bond acceptors (Lipinski definition) is 7. The molecule has 0 radical (unpaired) electrons.